The fourth-order valence-electron chi connectivity index (χ4n) is 3.77. The van der Waals surface area contributed by atoms with Gasteiger partial charge in [0.1, 0.15) is 11.4 Å². The van der Waals surface area contributed by atoms with Crippen LogP contribution in [0.25, 0.3) is 0 Å². The van der Waals surface area contributed by atoms with Gasteiger partial charge < -0.3 is 15.0 Å². The van der Waals surface area contributed by atoms with E-state index in [0.717, 1.165) is 29.1 Å². The molecule has 0 aliphatic carbocycles. The Labute approximate surface area is 170 Å². The highest BCUT2D eigenvalue weighted by atomic mass is 16.5. The van der Waals surface area contributed by atoms with Crippen molar-refractivity contribution < 1.29 is 9.53 Å². The summed E-state index contributed by atoms with van der Waals surface area (Å²) in [6, 6.07) is 15.7. The molecule has 1 amide bonds. The van der Waals surface area contributed by atoms with Crippen molar-refractivity contribution in [3.8, 4) is 5.75 Å². The average Bonchev–Trinajstić information content (AvgIpc) is 3.03. The van der Waals surface area contributed by atoms with Crippen LogP contribution in [-0.2, 0) is 6.42 Å². The Morgan fingerprint density at radius 2 is 1.93 bits per heavy atom. The Bertz CT molecular complexity index is 1080. The zero-order valence-electron chi connectivity index (χ0n) is 17.1. The number of fused-ring (bicyclic) bond motifs is 1. The van der Waals surface area contributed by atoms with Crippen molar-refractivity contribution in [3.05, 3.63) is 71.0 Å². The Hall–Kier alpha value is -3.41. The first kappa shape index (κ1) is 18.9. The number of methoxy groups -OCH3 is 1. The van der Waals surface area contributed by atoms with Gasteiger partial charge in [0.15, 0.2) is 0 Å². The molecule has 0 radical (unpaired) electrons. The van der Waals surface area contributed by atoms with Crippen molar-refractivity contribution in [3.63, 3.8) is 0 Å². The molecule has 0 spiro atoms. The highest BCUT2D eigenvalue weighted by Gasteiger charge is 2.32. The quantitative estimate of drug-likeness (QED) is 0.716. The zero-order chi connectivity index (χ0) is 20.5. The summed E-state index contributed by atoms with van der Waals surface area (Å²) >= 11 is 0. The Balaban J connectivity index is 1.68. The minimum atomic E-state index is -0.118. The molecular formula is C23H24N4O2. The Morgan fingerprint density at radius 3 is 2.72 bits per heavy atom. The molecule has 29 heavy (non-hydrogen) atoms. The molecule has 6 nitrogen and oxygen atoms in total. The van der Waals surface area contributed by atoms with Gasteiger partial charge in [-0.3, -0.25) is 4.79 Å². The highest BCUT2D eigenvalue weighted by molar-refractivity contribution is 6.06. The van der Waals surface area contributed by atoms with Gasteiger partial charge in [0.2, 0.25) is 5.95 Å². The van der Waals surface area contributed by atoms with Gasteiger partial charge >= 0.3 is 0 Å². The lowest BCUT2D eigenvalue weighted by Gasteiger charge is -2.22. The molecule has 0 saturated heterocycles. The van der Waals surface area contributed by atoms with Crippen LogP contribution in [0.3, 0.4) is 0 Å². The number of hydrogen-bond donors (Lipinski definition) is 1. The van der Waals surface area contributed by atoms with Gasteiger partial charge in [-0.1, -0.05) is 24.3 Å². The van der Waals surface area contributed by atoms with Gasteiger partial charge in [-0.2, -0.15) is 0 Å². The van der Waals surface area contributed by atoms with E-state index in [0.29, 0.717) is 17.4 Å². The van der Waals surface area contributed by atoms with E-state index in [1.807, 2.05) is 55.1 Å². The van der Waals surface area contributed by atoms with Crippen LogP contribution in [-0.4, -0.2) is 29.0 Å². The topological polar surface area (TPSA) is 67.3 Å². The molecule has 4 rings (SSSR count). The first-order chi connectivity index (χ1) is 14.0. The Kier molecular flexibility index (Phi) is 4.92. The van der Waals surface area contributed by atoms with Crippen LogP contribution >= 0.6 is 0 Å². The van der Waals surface area contributed by atoms with E-state index < -0.39 is 0 Å². The monoisotopic (exact) mass is 388 g/mol. The second kappa shape index (κ2) is 7.54. The first-order valence-corrected chi connectivity index (χ1v) is 9.65. The molecule has 148 valence electrons. The van der Waals surface area contributed by atoms with Crippen LogP contribution in [0.5, 0.6) is 5.75 Å². The van der Waals surface area contributed by atoms with Crippen molar-refractivity contribution >= 4 is 23.2 Å². The SMILES string of the molecule is COc1ccc(C)cc1Nc1nc(C)cc(C(=O)N2c3ccccc3CC2C)n1. The zero-order valence-corrected chi connectivity index (χ0v) is 17.1. The molecule has 1 N–H and O–H groups in total. The molecule has 1 unspecified atom stereocenters. The van der Waals surface area contributed by atoms with E-state index in [1.165, 1.54) is 5.56 Å². The second-order valence-corrected chi connectivity index (χ2v) is 7.40. The summed E-state index contributed by atoms with van der Waals surface area (Å²) in [6.07, 6.45) is 0.845. The number of benzene rings is 2. The number of amides is 1. The predicted octanol–water partition coefficient (Wildman–Crippen LogP) is 4.44. The average molecular weight is 388 g/mol. The molecule has 2 heterocycles. The van der Waals surface area contributed by atoms with Gasteiger partial charge in [0, 0.05) is 17.4 Å². The number of ether oxygens (including phenoxy) is 1. The number of hydrogen-bond acceptors (Lipinski definition) is 5. The summed E-state index contributed by atoms with van der Waals surface area (Å²) in [5, 5.41) is 3.20. The van der Waals surface area contributed by atoms with Gasteiger partial charge in [-0.25, -0.2) is 9.97 Å². The molecular weight excluding hydrogens is 364 g/mol. The predicted molar refractivity (Wildman–Crippen MR) is 114 cm³/mol. The van der Waals surface area contributed by atoms with E-state index >= 15 is 0 Å². The van der Waals surface area contributed by atoms with Crippen LogP contribution in [0.4, 0.5) is 17.3 Å². The number of rotatable bonds is 4. The second-order valence-electron chi connectivity index (χ2n) is 7.40. The van der Waals surface area contributed by atoms with Gasteiger partial charge in [0.25, 0.3) is 5.91 Å². The lowest BCUT2D eigenvalue weighted by atomic mass is 10.1. The first-order valence-electron chi connectivity index (χ1n) is 9.65. The van der Waals surface area contributed by atoms with Gasteiger partial charge in [-0.15, -0.1) is 0 Å². The van der Waals surface area contributed by atoms with Crippen LogP contribution < -0.4 is 15.0 Å². The lowest BCUT2D eigenvalue weighted by Crippen LogP contribution is -2.36. The van der Waals surface area contributed by atoms with Crippen LogP contribution in [0.2, 0.25) is 0 Å². The fraction of sp³-hybridized carbons (Fsp3) is 0.261. The molecule has 1 aliphatic rings. The number of aryl methyl sites for hydroxylation is 2. The fourth-order valence-corrected chi connectivity index (χ4v) is 3.77. The molecule has 2 aromatic carbocycles. The maximum Gasteiger partial charge on any atom is 0.277 e. The highest BCUT2D eigenvalue weighted by Crippen LogP contribution is 2.33. The molecule has 0 fully saturated rings. The molecule has 6 heteroatoms. The van der Waals surface area contributed by atoms with E-state index in [1.54, 1.807) is 13.2 Å². The number of para-hydroxylation sites is 1. The number of nitrogens with zero attached hydrogens (tertiary/aromatic N) is 3. The third kappa shape index (κ3) is 3.66. The van der Waals surface area contributed by atoms with Crippen molar-refractivity contribution in [2.24, 2.45) is 0 Å². The van der Waals surface area contributed by atoms with Crippen LogP contribution in [0.1, 0.15) is 34.2 Å². The van der Waals surface area contributed by atoms with E-state index in [9.17, 15) is 4.79 Å². The van der Waals surface area contributed by atoms with Crippen molar-refractivity contribution in [1.82, 2.24) is 9.97 Å². The summed E-state index contributed by atoms with van der Waals surface area (Å²) in [5.41, 5.74) is 5.07. The molecule has 1 aliphatic heterocycles. The number of nitrogens with one attached hydrogen (secondary N) is 1. The summed E-state index contributed by atoms with van der Waals surface area (Å²) in [6.45, 7) is 5.92. The van der Waals surface area contributed by atoms with E-state index in [4.69, 9.17) is 4.74 Å². The molecule has 0 saturated carbocycles. The molecule has 1 atom stereocenters. The number of aromatic nitrogens is 2. The van der Waals surface area contributed by atoms with Gasteiger partial charge in [-0.05, 0) is 62.6 Å². The smallest absolute Gasteiger partial charge is 0.277 e. The summed E-state index contributed by atoms with van der Waals surface area (Å²) in [5.74, 6) is 0.945. The van der Waals surface area contributed by atoms with Crippen molar-refractivity contribution in [1.29, 1.82) is 0 Å². The van der Waals surface area contributed by atoms with Crippen molar-refractivity contribution in [2.75, 3.05) is 17.3 Å². The summed E-state index contributed by atoms with van der Waals surface area (Å²) in [4.78, 5) is 24.1. The third-order valence-electron chi connectivity index (χ3n) is 5.10. The maximum atomic E-state index is 13.3. The standard InChI is InChI=1S/C23H24N4O2/c1-14-9-10-21(29-4)18(11-14)25-23-24-15(2)12-19(26-23)22(28)27-16(3)13-17-7-5-6-8-20(17)27/h5-12,16H,13H2,1-4H3,(H,24,25,26). The lowest BCUT2D eigenvalue weighted by molar-refractivity contribution is 0.0976. The minimum absolute atomic E-state index is 0.0865. The van der Waals surface area contributed by atoms with E-state index in [2.05, 4.69) is 28.3 Å². The summed E-state index contributed by atoms with van der Waals surface area (Å²) < 4.78 is 5.42. The van der Waals surface area contributed by atoms with Crippen molar-refractivity contribution in [2.45, 2.75) is 33.2 Å². The van der Waals surface area contributed by atoms with Crippen LogP contribution in [0, 0.1) is 13.8 Å². The van der Waals surface area contributed by atoms with Crippen LogP contribution in [0.15, 0.2) is 48.5 Å². The molecule has 0 bridgehead atoms. The molecule has 3 aromatic rings. The number of anilines is 3. The maximum absolute atomic E-state index is 13.3. The third-order valence-corrected chi connectivity index (χ3v) is 5.10. The minimum Gasteiger partial charge on any atom is -0.495 e. The summed E-state index contributed by atoms with van der Waals surface area (Å²) in [7, 11) is 1.62. The van der Waals surface area contributed by atoms with Gasteiger partial charge in [0.05, 0.1) is 12.8 Å². The van der Waals surface area contributed by atoms with E-state index in [-0.39, 0.29) is 11.9 Å². The normalized spacial score (nSPS) is 15.2. The molecule has 1 aromatic heterocycles. The largest absolute Gasteiger partial charge is 0.495 e. The number of carbonyl (C=O) groups excluding carboxylic acids is 1. The Morgan fingerprint density at radius 1 is 1.14 bits per heavy atom. The number of carbonyl (C=O) groups is 1.